The van der Waals surface area contributed by atoms with Crippen LogP contribution in [0.25, 0.3) is 0 Å². The number of hydrogen-bond acceptors (Lipinski definition) is 3. The van der Waals surface area contributed by atoms with E-state index in [-0.39, 0.29) is 5.69 Å². The summed E-state index contributed by atoms with van der Waals surface area (Å²) < 4.78 is 0. The summed E-state index contributed by atoms with van der Waals surface area (Å²) >= 11 is 0. The molecule has 0 amide bonds. The van der Waals surface area contributed by atoms with Crippen molar-refractivity contribution < 1.29 is 9.90 Å². The van der Waals surface area contributed by atoms with Crippen molar-refractivity contribution in [3.8, 4) is 0 Å². The average molecular weight is 222 g/mol. The zero-order valence-electron chi connectivity index (χ0n) is 9.97. The van der Waals surface area contributed by atoms with E-state index in [0.717, 1.165) is 18.7 Å². The number of rotatable bonds is 5. The Labute approximate surface area is 95.9 Å². The van der Waals surface area contributed by atoms with Gasteiger partial charge in [-0.2, -0.15) is 0 Å². The molecule has 0 spiro atoms. The molecule has 0 bridgehead atoms. The van der Waals surface area contributed by atoms with Gasteiger partial charge in [0.25, 0.3) is 0 Å². The van der Waals surface area contributed by atoms with Crippen molar-refractivity contribution in [2.75, 3.05) is 11.4 Å². The lowest BCUT2D eigenvalue weighted by Crippen LogP contribution is -2.31. The third-order valence-electron chi connectivity index (χ3n) is 2.38. The number of anilines is 1. The van der Waals surface area contributed by atoms with Crippen LogP contribution in [0, 0.1) is 0 Å². The molecule has 0 atom stereocenters. The highest BCUT2D eigenvalue weighted by Gasteiger charge is 2.12. The van der Waals surface area contributed by atoms with Gasteiger partial charge in [-0.05, 0) is 32.4 Å². The maximum absolute atomic E-state index is 10.8. The summed E-state index contributed by atoms with van der Waals surface area (Å²) in [6, 6.07) is 3.82. The Bertz CT molecular complexity index is 364. The van der Waals surface area contributed by atoms with Gasteiger partial charge in [0, 0.05) is 24.5 Å². The van der Waals surface area contributed by atoms with Crippen LogP contribution >= 0.6 is 0 Å². The summed E-state index contributed by atoms with van der Waals surface area (Å²) in [5.41, 5.74) is 1.02. The van der Waals surface area contributed by atoms with Crippen LogP contribution < -0.4 is 4.90 Å². The fourth-order valence-electron chi connectivity index (χ4n) is 1.64. The molecule has 0 unspecified atom stereocenters. The largest absolute Gasteiger partial charge is 0.477 e. The van der Waals surface area contributed by atoms with Gasteiger partial charge in [-0.3, -0.25) is 0 Å². The van der Waals surface area contributed by atoms with E-state index in [0.29, 0.717) is 6.04 Å². The smallest absolute Gasteiger partial charge is 0.354 e. The predicted octanol–water partition coefficient (Wildman–Crippen LogP) is 2.40. The van der Waals surface area contributed by atoms with Gasteiger partial charge in [-0.1, -0.05) is 6.92 Å². The Morgan fingerprint density at radius 1 is 1.56 bits per heavy atom. The number of carboxylic acid groups (broad SMARTS) is 1. The predicted molar refractivity (Wildman–Crippen MR) is 64.0 cm³/mol. The maximum Gasteiger partial charge on any atom is 0.354 e. The molecule has 1 aromatic heterocycles. The van der Waals surface area contributed by atoms with Crippen LogP contribution in [-0.4, -0.2) is 28.6 Å². The van der Waals surface area contributed by atoms with Crippen molar-refractivity contribution in [3.63, 3.8) is 0 Å². The van der Waals surface area contributed by atoms with E-state index in [2.05, 4.69) is 30.7 Å². The standard InChI is InChI=1S/C12H18N2O2/c1-4-7-14(9(2)3)10-5-6-13-11(8-10)12(15)16/h5-6,8-9H,4,7H2,1-3H3,(H,15,16). The molecule has 1 rings (SSSR count). The van der Waals surface area contributed by atoms with Crippen LogP contribution in [0.4, 0.5) is 5.69 Å². The van der Waals surface area contributed by atoms with E-state index in [1.165, 1.54) is 0 Å². The molecular formula is C12H18N2O2. The van der Waals surface area contributed by atoms with Crippen LogP contribution in [0.2, 0.25) is 0 Å². The van der Waals surface area contributed by atoms with Crippen LogP contribution in [0.5, 0.6) is 0 Å². The van der Waals surface area contributed by atoms with Crippen molar-refractivity contribution in [1.29, 1.82) is 0 Å². The van der Waals surface area contributed by atoms with Crippen molar-refractivity contribution in [2.24, 2.45) is 0 Å². The molecule has 1 heterocycles. The lowest BCUT2D eigenvalue weighted by atomic mass is 10.2. The van der Waals surface area contributed by atoms with Crippen molar-refractivity contribution in [1.82, 2.24) is 4.98 Å². The average Bonchev–Trinajstić information content (AvgIpc) is 2.25. The Morgan fingerprint density at radius 2 is 2.25 bits per heavy atom. The number of aromatic carboxylic acids is 1. The molecule has 88 valence electrons. The molecule has 0 aromatic carbocycles. The summed E-state index contributed by atoms with van der Waals surface area (Å²) in [4.78, 5) is 16.8. The molecule has 0 radical (unpaired) electrons. The molecule has 0 aliphatic heterocycles. The molecule has 4 heteroatoms. The molecule has 4 nitrogen and oxygen atoms in total. The maximum atomic E-state index is 10.8. The first-order valence-electron chi connectivity index (χ1n) is 5.52. The topological polar surface area (TPSA) is 53.4 Å². The van der Waals surface area contributed by atoms with Gasteiger partial charge >= 0.3 is 5.97 Å². The van der Waals surface area contributed by atoms with Gasteiger partial charge in [0.15, 0.2) is 0 Å². The summed E-state index contributed by atoms with van der Waals surface area (Å²) in [7, 11) is 0. The Morgan fingerprint density at radius 3 is 2.75 bits per heavy atom. The molecule has 0 saturated carbocycles. The summed E-state index contributed by atoms with van der Waals surface area (Å²) in [6.07, 6.45) is 2.58. The molecular weight excluding hydrogens is 204 g/mol. The molecule has 0 aliphatic carbocycles. The molecule has 0 aliphatic rings. The van der Waals surface area contributed by atoms with Crippen LogP contribution in [0.1, 0.15) is 37.7 Å². The van der Waals surface area contributed by atoms with E-state index >= 15 is 0 Å². The number of aromatic nitrogens is 1. The zero-order chi connectivity index (χ0) is 12.1. The second-order valence-corrected chi connectivity index (χ2v) is 3.99. The summed E-state index contributed by atoms with van der Waals surface area (Å²) in [5, 5.41) is 8.88. The summed E-state index contributed by atoms with van der Waals surface area (Å²) in [6.45, 7) is 7.21. The second-order valence-electron chi connectivity index (χ2n) is 3.99. The van der Waals surface area contributed by atoms with Gasteiger partial charge < -0.3 is 10.0 Å². The van der Waals surface area contributed by atoms with Crippen molar-refractivity contribution in [2.45, 2.75) is 33.2 Å². The Kier molecular flexibility index (Phi) is 4.28. The second kappa shape index (κ2) is 5.49. The quantitative estimate of drug-likeness (QED) is 0.831. The van der Waals surface area contributed by atoms with Crippen LogP contribution in [0.15, 0.2) is 18.3 Å². The normalized spacial score (nSPS) is 10.5. The SMILES string of the molecule is CCCN(c1ccnc(C(=O)O)c1)C(C)C. The Hall–Kier alpha value is -1.58. The first kappa shape index (κ1) is 12.5. The first-order valence-corrected chi connectivity index (χ1v) is 5.52. The molecule has 16 heavy (non-hydrogen) atoms. The summed E-state index contributed by atoms with van der Waals surface area (Å²) in [5.74, 6) is -0.984. The van der Waals surface area contributed by atoms with E-state index in [1.54, 1.807) is 12.3 Å². The fraction of sp³-hybridized carbons (Fsp3) is 0.500. The van der Waals surface area contributed by atoms with E-state index < -0.39 is 5.97 Å². The highest BCUT2D eigenvalue weighted by molar-refractivity contribution is 5.86. The first-order chi connectivity index (χ1) is 7.56. The highest BCUT2D eigenvalue weighted by atomic mass is 16.4. The highest BCUT2D eigenvalue weighted by Crippen LogP contribution is 2.17. The minimum atomic E-state index is -0.984. The van der Waals surface area contributed by atoms with E-state index in [1.807, 2.05) is 6.07 Å². The van der Waals surface area contributed by atoms with Gasteiger partial charge in [-0.25, -0.2) is 9.78 Å². The lowest BCUT2D eigenvalue weighted by molar-refractivity contribution is 0.0690. The van der Waals surface area contributed by atoms with E-state index in [4.69, 9.17) is 5.11 Å². The third-order valence-corrected chi connectivity index (χ3v) is 2.38. The van der Waals surface area contributed by atoms with Crippen molar-refractivity contribution in [3.05, 3.63) is 24.0 Å². The van der Waals surface area contributed by atoms with Crippen LogP contribution in [-0.2, 0) is 0 Å². The number of carboxylic acids is 1. The molecule has 1 aromatic rings. The number of carbonyl (C=O) groups is 1. The number of hydrogen-bond donors (Lipinski definition) is 1. The van der Waals surface area contributed by atoms with Gasteiger partial charge in [0.05, 0.1) is 0 Å². The minimum absolute atomic E-state index is 0.0965. The van der Waals surface area contributed by atoms with Gasteiger partial charge in [-0.15, -0.1) is 0 Å². The van der Waals surface area contributed by atoms with Crippen LogP contribution in [0.3, 0.4) is 0 Å². The molecule has 1 N–H and O–H groups in total. The third kappa shape index (κ3) is 2.95. The molecule has 0 fully saturated rings. The molecule has 0 saturated heterocycles. The Balaban J connectivity index is 3.00. The minimum Gasteiger partial charge on any atom is -0.477 e. The van der Waals surface area contributed by atoms with Crippen molar-refractivity contribution >= 4 is 11.7 Å². The number of pyridine rings is 1. The van der Waals surface area contributed by atoms with Gasteiger partial charge in [0.1, 0.15) is 5.69 Å². The van der Waals surface area contributed by atoms with E-state index in [9.17, 15) is 4.79 Å². The monoisotopic (exact) mass is 222 g/mol. The van der Waals surface area contributed by atoms with Gasteiger partial charge in [0.2, 0.25) is 0 Å². The lowest BCUT2D eigenvalue weighted by Gasteiger charge is -2.28. The zero-order valence-corrected chi connectivity index (χ0v) is 9.97. The number of nitrogens with zero attached hydrogens (tertiary/aromatic N) is 2. The fourth-order valence-corrected chi connectivity index (χ4v) is 1.64.